The van der Waals surface area contributed by atoms with Crippen molar-refractivity contribution in [1.29, 1.82) is 0 Å². The van der Waals surface area contributed by atoms with E-state index in [2.05, 4.69) is 40.9 Å². The fraction of sp³-hybridized carbons (Fsp3) is 0.333. The maximum Gasteiger partial charge on any atom is 0.140 e. The Bertz CT molecular complexity index is 824. The molecule has 0 bridgehead atoms. The molecule has 0 radical (unpaired) electrons. The van der Waals surface area contributed by atoms with Gasteiger partial charge in [0.2, 0.25) is 0 Å². The Morgan fingerprint density at radius 3 is 2.91 bits per heavy atom. The average Bonchev–Trinajstić information content (AvgIpc) is 2.87. The topological polar surface area (TPSA) is 59.7 Å². The number of hydrogen-bond acceptors (Lipinski definition) is 5. The fourth-order valence-corrected chi connectivity index (χ4v) is 3.21. The minimum Gasteiger partial charge on any atom is -0.355 e. The summed E-state index contributed by atoms with van der Waals surface area (Å²) >= 11 is 3.43. The quantitative estimate of drug-likeness (QED) is 0.719. The van der Waals surface area contributed by atoms with Crippen LogP contribution in [0, 0.1) is 12.8 Å². The monoisotopic (exact) mass is 358 g/mol. The second-order valence-electron chi connectivity index (χ2n) is 5.64. The van der Waals surface area contributed by atoms with Gasteiger partial charge in [-0.2, -0.15) is 5.10 Å². The van der Waals surface area contributed by atoms with E-state index in [1.807, 2.05) is 30.1 Å². The van der Waals surface area contributed by atoms with Gasteiger partial charge in [-0.25, -0.2) is 9.97 Å². The molecule has 1 aliphatic rings. The molecule has 3 aromatic heterocycles. The highest BCUT2D eigenvalue weighted by atomic mass is 79.9. The summed E-state index contributed by atoms with van der Waals surface area (Å²) in [6.07, 6.45) is 7.43. The van der Waals surface area contributed by atoms with Gasteiger partial charge in [0.25, 0.3) is 0 Å². The molecule has 3 aromatic rings. The number of anilines is 1. The largest absolute Gasteiger partial charge is 0.355 e. The number of nitrogens with zero attached hydrogens (tertiary/aromatic N) is 6. The van der Waals surface area contributed by atoms with E-state index >= 15 is 0 Å². The minimum absolute atomic E-state index is 0.596. The molecule has 22 heavy (non-hydrogen) atoms. The first kappa shape index (κ1) is 13.6. The zero-order valence-corrected chi connectivity index (χ0v) is 13.7. The molecule has 0 aliphatic carbocycles. The number of fused-ring (bicyclic) bond motifs is 1. The number of pyridine rings is 1. The first-order valence-corrected chi connectivity index (χ1v) is 7.99. The lowest BCUT2D eigenvalue weighted by Crippen LogP contribution is -2.49. The van der Waals surface area contributed by atoms with Crippen molar-refractivity contribution in [3.05, 3.63) is 41.2 Å². The lowest BCUT2D eigenvalue weighted by molar-refractivity contribution is 0.341. The van der Waals surface area contributed by atoms with Gasteiger partial charge in [-0.1, -0.05) is 0 Å². The minimum atomic E-state index is 0.596. The molecule has 112 valence electrons. The summed E-state index contributed by atoms with van der Waals surface area (Å²) in [6.45, 7) is 4.84. The van der Waals surface area contributed by atoms with Crippen LogP contribution in [0.4, 0.5) is 5.82 Å². The molecule has 4 heterocycles. The van der Waals surface area contributed by atoms with E-state index in [0.717, 1.165) is 46.7 Å². The van der Waals surface area contributed by atoms with Crippen molar-refractivity contribution in [2.24, 2.45) is 5.92 Å². The summed E-state index contributed by atoms with van der Waals surface area (Å²) in [5, 5.41) is 5.39. The summed E-state index contributed by atoms with van der Waals surface area (Å²) in [4.78, 5) is 15.5. The van der Waals surface area contributed by atoms with Crippen LogP contribution in [0.15, 0.2) is 35.3 Å². The van der Waals surface area contributed by atoms with E-state index < -0.39 is 0 Å². The zero-order chi connectivity index (χ0) is 15.1. The van der Waals surface area contributed by atoms with E-state index in [0.29, 0.717) is 5.92 Å². The number of halogens is 1. The van der Waals surface area contributed by atoms with Gasteiger partial charge in [-0.3, -0.25) is 9.67 Å². The molecule has 1 aliphatic heterocycles. The Morgan fingerprint density at radius 1 is 1.27 bits per heavy atom. The van der Waals surface area contributed by atoms with E-state index in [1.165, 1.54) is 0 Å². The van der Waals surface area contributed by atoms with Crippen LogP contribution in [-0.2, 0) is 6.54 Å². The average molecular weight is 359 g/mol. The maximum atomic E-state index is 4.63. The lowest BCUT2D eigenvalue weighted by atomic mass is 10.00. The Labute approximate surface area is 136 Å². The molecular weight excluding hydrogens is 344 g/mol. The van der Waals surface area contributed by atoms with Crippen molar-refractivity contribution in [3.63, 3.8) is 0 Å². The predicted octanol–water partition coefficient (Wildman–Crippen LogP) is 2.43. The van der Waals surface area contributed by atoms with Gasteiger partial charge in [0.15, 0.2) is 0 Å². The summed E-state index contributed by atoms with van der Waals surface area (Å²) in [6, 6.07) is 1.99. The summed E-state index contributed by atoms with van der Waals surface area (Å²) in [5.41, 5.74) is 0.907. The standard InChI is InChI=1S/C15H15BrN6/c1-10-19-14-5-17-3-2-13(14)15(20-10)21-6-11(7-21)8-22-9-12(16)4-18-22/h2-5,9,11H,6-8H2,1H3. The molecule has 0 aromatic carbocycles. The van der Waals surface area contributed by atoms with Crippen LogP contribution in [0.1, 0.15) is 5.82 Å². The van der Waals surface area contributed by atoms with E-state index in [9.17, 15) is 0 Å². The highest BCUT2D eigenvalue weighted by Crippen LogP contribution is 2.29. The van der Waals surface area contributed by atoms with Gasteiger partial charge in [-0.15, -0.1) is 0 Å². The van der Waals surface area contributed by atoms with Crippen LogP contribution in [0.2, 0.25) is 0 Å². The first-order chi connectivity index (χ1) is 10.7. The van der Waals surface area contributed by atoms with Gasteiger partial charge in [0.1, 0.15) is 11.6 Å². The summed E-state index contributed by atoms with van der Waals surface area (Å²) in [5.74, 6) is 2.40. The van der Waals surface area contributed by atoms with Crippen LogP contribution < -0.4 is 4.90 Å². The van der Waals surface area contributed by atoms with Gasteiger partial charge in [0.05, 0.1) is 22.4 Å². The van der Waals surface area contributed by atoms with E-state index in [4.69, 9.17) is 0 Å². The molecular formula is C15H15BrN6. The van der Waals surface area contributed by atoms with Gasteiger partial charge >= 0.3 is 0 Å². The number of rotatable bonds is 3. The highest BCUT2D eigenvalue weighted by Gasteiger charge is 2.29. The molecule has 0 unspecified atom stereocenters. The Kier molecular flexibility index (Phi) is 3.29. The molecule has 0 N–H and O–H groups in total. The van der Waals surface area contributed by atoms with Crippen LogP contribution >= 0.6 is 15.9 Å². The lowest BCUT2D eigenvalue weighted by Gasteiger charge is -2.40. The van der Waals surface area contributed by atoms with Crippen molar-refractivity contribution >= 4 is 32.7 Å². The predicted molar refractivity (Wildman–Crippen MR) is 87.7 cm³/mol. The number of hydrogen-bond donors (Lipinski definition) is 0. The Hall–Kier alpha value is -2.02. The van der Waals surface area contributed by atoms with Crippen molar-refractivity contribution in [2.45, 2.75) is 13.5 Å². The number of aryl methyl sites for hydroxylation is 1. The molecule has 4 rings (SSSR count). The summed E-state index contributed by atoms with van der Waals surface area (Å²) in [7, 11) is 0. The third-order valence-electron chi connectivity index (χ3n) is 3.89. The van der Waals surface area contributed by atoms with Crippen LogP contribution in [0.25, 0.3) is 10.9 Å². The van der Waals surface area contributed by atoms with Crippen molar-refractivity contribution in [3.8, 4) is 0 Å². The molecule has 6 nitrogen and oxygen atoms in total. The maximum absolute atomic E-state index is 4.63. The van der Waals surface area contributed by atoms with Gasteiger partial charge < -0.3 is 4.90 Å². The first-order valence-electron chi connectivity index (χ1n) is 7.20. The molecule has 1 saturated heterocycles. The molecule has 0 saturated carbocycles. The van der Waals surface area contributed by atoms with E-state index in [1.54, 1.807) is 12.4 Å². The number of aromatic nitrogens is 5. The highest BCUT2D eigenvalue weighted by molar-refractivity contribution is 9.10. The van der Waals surface area contributed by atoms with Crippen LogP contribution in [0.3, 0.4) is 0 Å². The smallest absolute Gasteiger partial charge is 0.140 e. The van der Waals surface area contributed by atoms with Crippen LogP contribution in [-0.4, -0.2) is 37.8 Å². The SMILES string of the molecule is Cc1nc(N2CC(Cn3cc(Br)cn3)C2)c2ccncc2n1. The van der Waals surface area contributed by atoms with Gasteiger partial charge in [0, 0.05) is 43.3 Å². The third kappa shape index (κ3) is 2.45. The summed E-state index contributed by atoms with van der Waals surface area (Å²) < 4.78 is 3.01. The molecule has 0 atom stereocenters. The Balaban J connectivity index is 1.53. The van der Waals surface area contributed by atoms with Crippen LogP contribution in [0.5, 0.6) is 0 Å². The molecule has 0 amide bonds. The second kappa shape index (κ2) is 5.31. The third-order valence-corrected chi connectivity index (χ3v) is 4.30. The van der Waals surface area contributed by atoms with Gasteiger partial charge in [-0.05, 0) is 28.9 Å². The normalized spacial score (nSPS) is 15.3. The molecule has 7 heteroatoms. The second-order valence-corrected chi connectivity index (χ2v) is 6.55. The molecule has 0 spiro atoms. The van der Waals surface area contributed by atoms with E-state index in [-0.39, 0.29) is 0 Å². The van der Waals surface area contributed by atoms with Crippen molar-refractivity contribution < 1.29 is 0 Å². The Morgan fingerprint density at radius 2 is 2.14 bits per heavy atom. The zero-order valence-electron chi connectivity index (χ0n) is 12.1. The molecule has 1 fully saturated rings. The van der Waals surface area contributed by atoms with Crippen molar-refractivity contribution in [2.75, 3.05) is 18.0 Å². The van der Waals surface area contributed by atoms with Crippen molar-refractivity contribution in [1.82, 2.24) is 24.7 Å². The fourth-order valence-electron chi connectivity index (χ4n) is 2.88.